The molecule has 1 aromatic rings. The second-order valence-electron chi connectivity index (χ2n) is 4.92. The summed E-state index contributed by atoms with van der Waals surface area (Å²) in [5.74, 6) is 0.555. The molecular formula is C16H23N3O2. The van der Waals surface area contributed by atoms with Gasteiger partial charge in [-0.25, -0.2) is 9.98 Å². The second kappa shape index (κ2) is 9.72. The van der Waals surface area contributed by atoms with E-state index in [2.05, 4.69) is 42.9 Å². The number of nitrogens with one attached hydrogen (secondary N) is 1. The third-order valence-electron chi connectivity index (χ3n) is 2.75. The fourth-order valence-corrected chi connectivity index (χ4v) is 1.60. The zero-order chi connectivity index (χ0) is 15.5. The summed E-state index contributed by atoms with van der Waals surface area (Å²) in [6.45, 7) is 6.83. The summed E-state index contributed by atoms with van der Waals surface area (Å²) in [6, 6.07) is 3.51. The highest BCUT2D eigenvalue weighted by Gasteiger charge is 1.95. The molecule has 0 amide bonds. The Kier molecular flexibility index (Phi) is 7.82. The van der Waals surface area contributed by atoms with Crippen LogP contribution in [0.25, 0.3) is 0 Å². The Morgan fingerprint density at radius 1 is 1.33 bits per heavy atom. The number of aromatic nitrogens is 1. The molecule has 0 fully saturated rings. The monoisotopic (exact) mass is 289 g/mol. The van der Waals surface area contributed by atoms with Crippen molar-refractivity contribution in [1.82, 2.24) is 10.5 Å². The Hall–Kier alpha value is -2.14. The van der Waals surface area contributed by atoms with E-state index in [1.807, 2.05) is 5.48 Å². The van der Waals surface area contributed by atoms with Crippen LogP contribution in [0.1, 0.15) is 33.6 Å². The molecule has 1 heterocycles. The Morgan fingerprint density at radius 3 is 2.76 bits per heavy atom. The average molecular weight is 289 g/mol. The van der Waals surface area contributed by atoms with Gasteiger partial charge in [0.05, 0.1) is 11.9 Å². The quantitative estimate of drug-likeness (QED) is 0.331. The van der Waals surface area contributed by atoms with Gasteiger partial charge in [0.2, 0.25) is 5.88 Å². The molecule has 0 saturated heterocycles. The lowest BCUT2D eigenvalue weighted by molar-refractivity contribution is 0.240. The molecule has 0 aliphatic rings. The van der Waals surface area contributed by atoms with Crippen LogP contribution in [-0.2, 0) is 0 Å². The summed E-state index contributed by atoms with van der Waals surface area (Å²) < 4.78 is 5.54. The van der Waals surface area contributed by atoms with Gasteiger partial charge in [0.1, 0.15) is 12.9 Å². The zero-order valence-electron chi connectivity index (χ0n) is 12.8. The largest absolute Gasteiger partial charge is 0.473 e. The highest BCUT2D eigenvalue weighted by Crippen LogP contribution is 2.14. The van der Waals surface area contributed by atoms with E-state index >= 15 is 0 Å². The van der Waals surface area contributed by atoms with Crippen LogP contribution in [0.2, 0.25) is 0 Å². The van der Waals surface area contributed by atoms with Gasteiger partial charge >= 0.3 is 0 Å². The molecule has 114 valence electrons. The van der Waals surface area contributed by atoms with Gasteiger partial charge in [-0.3, -0.25) is 10.7 Å². The van der Waals surface area contributed by atoms with Crippen LogP contribution in [0.5, 0.6) is 5.88 Å². The lowest BCUT2D eigenvalue weighted by atomic mass is 10.1. The topological polar surface area (TPSA) is 66.7 Å². The van der Waals surface area contributed by atoms with E-state index in [9.17, 15) is 0 Å². The fraction of sp³-hybridized carbons (Fsp3) is 0.375. The van der Waals surface area contributed by atoms with Crippen molar-refractivity contribution in [1.29, 1.82) is 0 Å². The molecule has 2 N–H and O–H groups in total. The average Bonchev–Trinajstić information content (AvgIpc) is 2.46. The van der Waals surface area contributed by atoms with Crippen LogP contribution < -0.4 is 10.2 Å². The molecule has 0 bridgehead atoms. The van der Waals surface area contributed by atoms with E-state index in [1.165, 1.54) is 17.5 Å². The molecule has 1 aromatic heterocycles. The predicted octanol–water partition coefficient (Wildman–Crippen LogP) is 3.79. The molecule has 0 unspecified atom stereocenters. The minimum atomic E-state index is 0.508. The molecule has 1 rings (SSSR count). The van der Waals surface area contributed by atoms with E-state index in [1.54, 1.807) is 18.3 Å². The Labute approximate surface area is 126 Å². The molecule has 0 aliphatic heterocycles. The van der Waals surface area contributed by atoms with E-state index in [4.69, 9.17) is 9.94 Å². The van der Waals surface area contributed by atoms with Crippen molar-refractivity contribution < 1.29 is 9.94 Å². The maximum Gasteiger partial charge on any atom is 0.213 e. The summed E-state index contributed by atoms with van der Waals surface area (Å²) in [7, 11) is 0. The second-order valence-corrected chi connectivity index (χ2v) is 4.92. The van der Waals surface area contributed by atoms with Crippen molar-refractivity contribution in [3.8, 4) is 5.88 Å². The van der Waals surface area contributed by atoms with Gasteiger partial charge in [0.15, 0.2) is 0 Å². The first-order chi connectivity index (χ1) is 10.1. The van der Waals surface area contributed by atoms with Crippen molar-refractivity contribution in [2.75, 3.05) is 6.61 Å². The molecule has 0 atom stereocenters. The van der Waals surface area contributed by atoms with Crippen molar-refractivity contribution >= 4 is 12.0 Å². The molecule has 0 aromatic carbocycles. The van der Waals surface area contributed by atoms with E-state index in [0.717, 1.165) is 12.8 Å². The lowest BCUT2D eigenvalue weighted by Crippen LogP contribution is -2.01. The molecule has 0 saturated carbocycles. The minimum absolute atomic E-state index is 0.508. The summed E-state index contributed by atoms with van der Waals surface area (Å²) >= 11 is 0. The maximum absolute atomic E-state index is 8.39. The predicted molar refractivity (Wildman–Crippen MR) is 85.2 cm³/mol. The van der Waals surface area contributed by atoms with Gasteiger partial charge in [-0.05, 0) is 45.8 Å². The van der Waals surface area contributed by atoms with E-state index < -0.39 is 0 Å². The van der Waals surface area contributed by atoms with Crippen LogP contribution in [0.3, 0.4) is 0 Å². The lowest BCUT2D eigenvalue weighted by Gasteiger charge is -2.03. The smallest absolute Gasteiger partial charge is 0.213 e. The van der Waals surface area contributed by atoms with Gasteiger partial charge in [0.25, 0.3) is 0 Å². The van der Waals surface area contributed by atoms with Gasteiger partial charge in [-0.15, -0.1) is 0 Å². The number of nitrogens with zero attached hydrogens (tertiary/aromatic N) is 2. The number of aliphatic imine (C=N–C) groups is 1. The van der Waals surface area contributed by atoms with Gasteiger partial charge in [-0.2, -0.15) is 0 Å². The number of ether oxygens (including phenoxy) is 1. The number of pyridine rings is 1. The van der Waals surface area contributed by atoms with Crippen LogP contribution in [0.4, 0.5) is 5.69 Å². The molecule has 0 spiro atoms. The molecule has 21 heavy (non-hydrogen) atoms. The summed E-state index contributed by atoms with van der Waals surface area (Å²) in [5, 5.41) is 8.39. The first kappa shape index (κ1) is 16.9. The van der Waals surface area contributed by atoms with Gasteiger partial charge < -0.3 is 4.74 Å². The maximum atomic E-state index is 8.39. The standard InChI is InChI=1S/C16H23N3O2/c1-13(2)5-4-6-14(3)9-10-21-16-8-7-15(11-17-16)18-12-19-20/h5,7-9,11-12,20H,4,6,10H2,1-3H3,(H,18,19)/b14-9+. The summed E-state index contributed by atoms with van der Waals surface area (Å²) in [5.41, 5.74) is 5.13. The Bertz CT molecular complexity index is 501. The zero-order valence-corrected chi connectivity index (χ0v) is 12.8. The molecule has 5 nitrogen and oxygen atoms in total. The van der Waals surface area contributed by atoms with Crippen molar-refractivity contribution in [3.63, 3.8) is 0 Å². The van der Waals surface area contributed by atoms with Crippen LogP contribution in [0, 0.1) is 0 Å². The van der Waals surface area contributed by atoms with Crippen molar-refractivity contribution in [3.05, 3.63) is 41.6 Å². The van der Waals surface area contributed by atoms with Gasteiger partial charge in [0, 0.05) is 6.07 Å². The van der Waals surface area contributed by atoms with E-state index in [-0.39, 0.29) is 0 Å². The van der Waals surface area contributed by atoms with Crippen LogP contribution in [0.15, 0.2) is 46.6 Å². The van der Waals surface area contributed by atoms with Gasteiger partial charge in [-0.1, -0.05) is 17.2 Å². The third-order valence-corrected chi connectivity index (χ3v) is 2.75. The number of hydrogen-bond acceptors (Lipinski definition) is 4. The first-order valence-corrected chi connectivity index (χ1v) is 6.92. The highest BCUT2D eigenvalue weighted by atomic mass is 16.5. The van der Waals surface area contributed by atoms with Crippen molar-refractivity contribution in [2.24, 2.45) is 4.99 Å². The summed E-state index contributed by atoms with van der Waals surface area (Å²) in [4.78, 5) is 8.03. The highest BCUT2D eigenvalue weighted by molar-refractivity contribution is 5.59. The Morgan fingerprint density at radius 2 is 2.14 bits per heavy atom. The van der Waals surface area contributed by atoms with Crippen molar-refractivity contribution in [2.45, 2.75) is 33.6 Å². The Balaban J connectivity index is 2.37. The number of hydrogen-bond donors (Lipinski definition) is 2. The third kappa shape index (κ3) is 7.89. The number of rotatable bonds is 8. The first-order valence-electron chi connectivity index (χ1n) is 6.92. The minimum Gasteiger partial charge on any atom is -0.473 e. The molecule has 0 aliphatic carbocycles. The number of hydroxylamine groups is 1. The van der Waals surface area contributed by atoms with E-state index in [0.29, 0.717) is 18.2 Å². The molecular weight excluding hydrogens is 266 g/mol. The molecule has 5 heteroatoms. The van der Waals surface area contributed by atoms with Crippen LogP contribution >= 0.6 is 0 Å². The normalized spacial score (nSPS) is 11.5. The number of allylic oxidation sites excluding steroid dienone is 3. The molecule has 0 radical (unpaired) electrons. The van der Waals surface area contributed by atoms with Crippen LogP contribution in [-0.4, -0.2) is 23.1 Å². The summed E-state index contributed by atoms with van der Waals surface area (Å²) in [6.07, 6.45) is 9.17. The fourth-order valence-electron chi connectivity index (χ4n) is 1.60. The SMILES string of the molecule is CC(C)=CCC/C(C)=C/COc1ccc(N=CNO)cn1.